The smallest absolute Gasteiger partial charge is 0.247 e. The van der Waals surface area contributed by atoms with E-state index in [1.54, 1.807) is 16.8 Å². The minimum Gasteiger partial charge on any atom is -0.332 e. The normalized spacial score (nSPS) is 25.7. The first-order valence-corrected chi connectivity index (χ1v) is 8.41. The maximum absolute atomic E-state index is 12.5. The first-order valence-electron chi connectivity index (χ1n) is 8.41. The molecule has 124 valence electrons. The molecule has 2 heterocycles. The first kappa shape index (κ1) is 16.0. The Balaban J connectivity index is 1.55. The highest BCUT2D eigenvalue weighted by molar-refractivity contribution is 5.96. The van der Waals surface area contributed by atoms with E-state index in [4.69, 9.17) is 0 Å². The van der Waals surface area contributed by atoms with Gasteiger partial charge in [-0.25, -0.2) is 0 Å². The van der Waals surface area contributed by atoms with E-state index in [1.807, 2.05) is 13.0 Å². The third kappa shape index (κ3) is 3.24. The Morgan fingerprint density at radius 3 is 2.57 bits per heavy atom. The molecule has 0 spiro atoms. The van der Waals surface area contributed by atoms with Crippen LogP contribution in [0, 0.1) is 0 Å². The molecule has 2 atom stereocenters. The number of nitrogens with zero attached hydrogens (tertiary/aromatic N) is 3. The number of rotatable bonds is 4. The van der Waals surface area contributed by atoms with Crippen LogP contribution in [0.2, 0.25) is 0 Å². The number of hydrogen-bond acceptors (Lipinski definition) is 3. The Bertz CT molecular complexity index is 575. The maximum atomic E-state index is 12.5. The van der Waals surface area contributed by atoms with Crippen molar-refractivity contribution < 1.29 is 9.59 Å². The van der Waals surface area contributed by atoms with E-state index in [9.17, 15) is 9.59 Å². The summed E-state index contributed by atoms with van der Waals surface area (Å²) in [4.78, 5) is 30.5. The minimum absolute atomic E-state index is 0.0739. The molecule has 0 aromatic heterocycles. The monoisotopic (exact) mass is 315 g/mol. The molecule has 0 radical (unpaired) electrons. The number of benzene rings is 1. The number of amides is 2. The molecule has 2 aliphatic heterocycles. The van der Waals surface area contributed by atoms with Gasteiger partial charge in [-0.15, -0.1) is 0 Å². The number of carbonyl (C=O) groups excluding carboxylic acids is 2. The van der Waals surface area contributed by atoms with Gasteiger partial charge in [0.25, 0.3) is 0 Å². The molecule has 5 nitrogen and oxygen atoms in total. The molecule has 5 heteroatoms. The molecule has 2 amide bonds. The van der Waals surface area contributed by atoms with Crippen molar-refractivity contribution in [2.24, 2.45) is 0 Å². The molecule has 2 saturated heterocycles. The van der Waals surface area contributed by atoms with Gasteiger partial charge in [-0.1, -0.05) is 30.3 Å². The molecule has 1 aromatic rings. The fourth-order valence-corrected chi connectivity index (χ4v) is 3.50. The summed E-state index contributed by atoms with van der Waals surface area (Å²) in [7, 11) is 1.73. The van der Waals surface area contributed by atoms with E-state index in [-0.39, 0.29) is 23.9 Å². The van der Waals surface area contributed by atoms with Crippen LogP contribution in [0.15, 0.2) is 30.3 Å². The fourth-order valence-electron chi connectivity index (χ4n) is 3.50. The second-order valence-electron chi connectivity index (χ2n) is 6.56. The molecular formula is C18H25N3O2. The number of carbonyl (C=O) groups is 2. The van der Waals surface area contributed by atoms with Crippen LogP contribution in [0.3, 0.4) is 0 Å². The Labute approximate surface area is 137 Å². The molecule has 2 aliphatic rings. The summed E-state index contributed by atoms with van der Waals surface area (Å²) >= 11 is 0. The highest BCUT2D eigenvalue weighted by Crippen LogP contribution is 2.21. The maximum Gasteiger partial charge on any atom is 0.247 e. The zero-order valence-corrected chi connectivity index (χ0v) is 13.9. The number of fused-ring (bicyclic) bond motifs is 1. The lowest BCUT2D eigenvalue weighted by Crippen LogP contribution is -2.68. The molecule has 0 saturated carbocycles. The van der Waals surface area contributed by atoms with Crippen LogP contribution in [0.1, 0.15) is 18.9 Å². The van der Waals surface area contributed by atoms with Crippen molar-refractivity contribution in [3.8, 4) is 0 Å². The van der Waals surface area contributed by atoms with E-state index in [1.165, 1.54) is 5.56 Å². The summed E-state index contributed by atoms with van der Waals surface area (Å²) in [6.07, 6.45) is 2.13. The molecule has 23 heavy (non-hydrogen) atoms. The minimum atomic E-state index is -0.330. The molecule has 0 bridgehead atoms. The van der Waals surface area contributed by atoms with Crippen molar-refractivity contribution in [1.82, 2.24) is 14.7 Å². The zero-order valence-electron chi connectivity index (χ0n) is 13.9. The van der Waals surface area contributed by atoms with E-state index in [0.717, 1.165) is 25.9 Å². The van der Waals surface area contributed by atoms with E-state index in [2.05, 4.69) is 29.2 Å². The molecule has 1 aromatic carbocycles. The van der Waals surface area contributed by atoms with Gasteiger partial charge in [0, 0.05) is 26.7 Å². The predicted octanol–water partition coefficient (Wildman–Crippen LogP) is 0.992. The van der Waals surface area contributed by atoms with Crippen LogP contribution < -0.4 is 0 Å². The lowest BCUT2D eigenvalue weighted by molar-refractivity contribution is -0.163. The van der Waals surface area contributed by atoms with Crippen LogP contribution in [-0.4, -0.2) is 71.8 Å². The first-order chi connectivity index (χ1) is 11.1. The number of aryl methyl sites for hydroxylation is 1. The van der Waals surface area contributed by atoms with Crippen molar-refractivity contribution in [2.75, 3.05) is 33.2 Å². The standard InChI is InChI=1S/C18H25N3O2/c1-14-17(22)21-12-11-20(13-16(21)18(23)19(14)2)10-6-9-15-7-4-3-5-8-15/h3-5,7-8,14,16H,6,9-13H2,1-2H3/t14-,16+/m0/s1. The van der Waals surface area contributed by atoms with Gasteiger partial charge >= 0.3 is 0 Å². The van der Waals surface area contributed by atoms with Crippen molar-refractivity contribution >= 4 is 11.8 Å². The summed E-state index contributed by atoms with van der Waals surface area (Å²) in [5.74, 6) is 0.158. The predicted molar refractivity (Wildman–Crippen MR) is 88.9 cm³/mol. The van der Waals surface area contributed by atoms with Gasteiger partial charge in [0.15, 0.2) is 0 Å². The average Bonchev–Trinajstić information content (AvgIpc) is 2.59. The Morgan fingerprint density at radius 1 is 1.09 bits per heavy atom. The summed E-state index contributed by atoms with van der Waals surface area (Å²) in [6, 6.07) is 9.84. The van der Waals surface area contributed by atoms with Crippen LogP contribution in [-0.2, 0) is 16.0 Å². The summed E-state index contributed by atoms with van der Waals surface area (Å²) in [5, 5.41) is 0. The summed E-state index contributed by atoms with van der Waals surface area (Å²) < 4.78 is 0. The molecule has 0 N–H and O–H groups in total. The van der Waals surface area contributed by atoms with Crippen molar-refractivity contribution in [1.29, 1.82) is 0 Å². The van der Waals surface area contributed by atoms with Crippen LogP contribution in [0.5, 0.6) is 0 Å². The van der Waals surface area contributed by atoms with Gasteiger partial charge < -0.3 is 9.80 Å². The molecule has 2 fully saturated rings. The van der Waals surface area contributed by atoms with Gasteiger partial charge in [0.1, 0.15) is 12.1 Å². The topological polar surface area (TPSA) is 43.9 Å². The van der Waals surface area contributed by atoms with Gasteiger partial charge in [0.05, 0.1) is 0 Å². The van der Waals surface area contributed by atoms with Gasteiger partial charge in [0.2, 0.25) is 11.8 Å². The summed E-state index contributed by atoms with van der Waals surface area (Å²) in [5.41, 5.74) is 1.35. The van der Waals surface area contributed by atoms with Gasteiger partial charge in [-0.05, 0) is 31.9 Å². The third-order valence-electron chi connectivity index (χ3n) is 5.10. The molecule has 0 unspecified atom stereocenters. The van der Waals surface area contributed by atoms with E-state index in [0.29, 0.717) is 13.1 Å². The van der Waals surface area contributed by atoms with E-state index < -0.39 is 0 Å². The van der Waals surface area contributed by atoms with Crippen molar-refractivity contribution in [3.63, 3.8) is 0 Å². The summed E-state index contributed by atoms with van der Waals surface area (Å²) in [6.45, 7) is 4.97. The zero-order chi connectivity index (χ0) is 16.4. The highest BCUT2D eigenvalue weighted by Gasteiger charge is 2.44. The number of hydrogen-bond donors (Lipinski definition) is 0. The number of piperazine rings is 2. The number of likely N-dealkylation sites (N-methyl/N-ethyl adjacent to an activating group) is 1. The van der Waals surface area contributed by atoms with Crippen molar-refractivity contribution in [3.05, 3.63) is 35.9 Å². The average molecular weight is 315 g/mol. The third-order valence-corrected chi connectivity index (χ3v) is 5.10. The second kappa shape index (κ2) is 6.71. The fraction of sp³-hybridized carbons (Fsp3) is 0.556. The SMILES string of the molecule is C[C@H]1C(=O)N2CCN(CCCc3ccccc3)C[C@@H]2C(=O)N1C. The quantitative estimate of drug-likeness (QED) is 0.832. The lowest BCUT2D eigenvalue weighted by Gasteiger charge is -2.47. The van der Waals surface area contributed by atoms with Crippen LogP contribution in [0.4, 0.5) is 0 Å². The Hall–Kier alpha value is -1.88. The molecule has 0 aliphatic carbocycles. The van der Waals surface area contributed by atoms with E-state index >= 15 is 0 Å². The largest absolute Gasteiger partial charge is 0.332 e. The second-order valence-corrected chi connectivity index (χ2v) is 6.56. The van der Waals surface area contributed by atoms with Crippen molar-refractivity contribution in [2.45, 2.75) is 31.8 Å². The molecular weight excluding hydrogens is 290 g/mol. The Kier molecular flexibility index (Phi) is 4.66. The highest BCUT2D eigenvalue weighted by atomic mass is 16.2. The van der Waals surface area contributed by atoms with Gasteiger partial charge in [-0.2, -0.15) is 0 Å². The van der Waals surface area contributed by atoms with Gasteiger partial charge in [-0.3, -0.25) is 14.5 Å². The van der Waals surface area contributed by atoms with Crippen LogP contribution in [0.25, 0.3) is 0 Å². The molecule has 3 rings (SSSR count). The Morgan fingerprint density at radius 2 is 1.83 bits per heavy atom. The van der Waals surface area contributed by atoms with Crippen LogP contribution >= 0.6 is 0 Å². The lowest BCUT2D eigenvalue weighted by atomic mass is 10.0.